The fourth-order valence-electron chi connectivity index (χ4n) is 1.52. The summed E-state index contributed by atoms with van der Waals surface area (Å²) in [6.45, 7) is 0.00461. The Morgan fingerprint density at radius 2 is 2.33 bits per heavy atom. The van der Waals surface area contributed by atoms with Crippen LogP contribution in [0.15, 0.2) is 18.2 Å². The first-order valence-electron chi connectivity index (χ1n) is 5.43. The predicted octanol–water partition coefficient (Wildman–Crippen LogP) is -1.91. The molecule has 0 atom stereocenters. The first-order valence-corrected chi connectivity index (χ1v) is 5.43. The Morgan fingerprint density at radius 1 is 1.50 bits per heavy atom. The molecule has 8 heteroatoms. The largest absolute Gasteiger partial charge is 0.468 e. The molecule has 0 N–H and O–H groups in total. The van der Waals surface area contributed by atoms with Crippen molar-refractivity contribution in [3.05, 3.63) is 29.7 Å². The molecule has 0 aromatic carbocycles. The summed E-state index contributed by atoms with van der Waals surface area (Å²) in [5, 5.41) is 11.2. The summed E-state index contributed by atoms with van der Waals surface area (Å²) in [6, 6.07) is 5.73. The van der Waals surface area contributed by atoms with Crippen LogP contribution in [0.5, 0.6) is 0 Å². The summed E-state index contributed by atoms with van der Waals surface area (Å²) in [7, 11) is 3.25. The van der Waals surface area contributed by atoms with Gasteiger partial charge in [0.2, 0.25) is 0 Å². The molecule has 2 aromatic heterocycles. The van der Waals surface area contributed by atoms with Gasteiger partial charge >= 0.3 is 5.97 Å². The van der Waals surface area contributed by atoms with Crippen LogP contribution >= 0.6 is 0 Å². The topological polar surface area (TPSA) is 82.8 Å². The Morgan fingerprint density at radius 3 is 3.06 bits per heavy atom. The van der Waals surface area contributed by atoms with Gasteiger partial charge in [-0.05, 0) is 22.1 Å². The van der Waals surface area contributed by atoms with Crippen molar-refractivity contribution in [1.82, 2.24) is 25.2 Å². The first-order chi connectivity index (χ1) is 8.69. The van der Waals surface area contributed by atoms with E-state index in [1.807, 2.05) is 26.0 Å². The van der Waals surface area contributed by atoms with Gasteiger partial charge in [-0.3, -0.25) is 9.78 Å². The van der Waals surface area contributed by atoms with Gasteiger partial charge in [-0.15, -0.1) is 5.10 Å². The highest BCUT2D eigenvalue weighted by atomic mass is 16.5. The van der Waals surface area contributed by atoms with Crippen LogP contribution in [0, 0.1) is 0 Å². The van der Waals surface area contributed by atoms with Gasteiger partial charge in [0.15, 0.2) is 13.7 Å². The van der Waals surface area contributed by atoms with E-state index in [-0.39, 0.29) is 12.5 Å². The Bertz CT molecular complexity index is 557. The van der Waals surface area contributed by atoms with Crippen molar-refractivity contribution in [1.29, 1.82) is 0 Å². The summed E-state index contributed by atoms with van der Waals surface area (Å²) in [5.41, 5.74) is 1.79. The van der Waals surface area contributed by atoms with Crippen LogP contribution in [0.2, 0.25) is 0 Å². The molecule has 0 unspecified atom stereocenters. The van der Waals surface area contributed by atoms with Gasteiger partial charge in [0.25, 0.3) is 0 Å². The molecule has 7 nitrogen and oxygen atoms in total. The van der Waals surface area contributed by atoms with E-state index in [2.05, 4.69) is 25.2 Å². The highest BCUT2D eigenvalue weighted by molar-refractivity contribution is 6.30. The average Bonchev–Trinajstić information content (AvgIpc) is 2.76. The molecule has 0 radical (unpaired) electrons. The Balaban J connectivity index is 2.15. The number of esters is 1. The van der Waals surface area contributed by atoms with Crippen molar-refractivity contribution < 1.29 is 9.53 Å². The summed E-state index contributed by atoms with van der Waals surface area (Å²) >= 11 is 0. The molecular weight excluding hydrogens is 233 g/mol. The second-order valence-electron chi connectivity index (χ2n) is 3.78. The van der Waals surface area contributed by atoms with Crippen LogP contribution in [0.3, 0.4) is 0 Å². The molecule has 0 fully saturated rings. The molecule has 0 aliphatic carbocycles. The number of methoxy groups -OCH3 is 1. The molecule has 2 heterocycles. The first kappa shape index (κ1) is 12.2. The van der Waals surface area contributed by atoms with Crippen LogP contribution in [0.1, 0.15) is 11.5 Å². The van der Waals surface area contributed by atoms with Gasteiger partial charge in [0, 0.05) is 5.69 Å². The van der Waals surface area contributed by atoms with Crippen LogP contribution < -0.4 is 5.59 Å². The van der Waals surface area contributed by atoms with Crippen molar-refractivity contribution in [2.45, 2.75) is 13.0 Å². The van der Waals surface area contributed by atoms with E-state index in [4.69, 9.17) is 0 Å². The maximum absolute atomic E-state index is 11.2. The van der Waals surface area contributed by atoms with E-state index in [9.17, 15) is 4.79 Å². The number of aromatic nitrogens is 5. The van der Waals surface area contributed by atoms with E-state index in [1.165, 1.54) is 11.8 Å². The minimum atomic E-state index is -0.388. The molecule has 0 saturated heterocycles. The molecule has 0 aliphatic rings. The lowest BCUT2D eigenvalue weighted by molar-refractivity contribution is -0.141. The highest BCUT2D eigenvalue weighted by Gasteiger charge is 2.11. The predicted molar refractivity (Wildman–Crippen MR) is 65.1 cm³/mol. The third-order valence-corrected chi connectivity index (χ3v) is 2.40. The number of hydrogen-bond donors (Lipinski definition) is 0. The monoisotopic (exact) mass is 245 g/mol. The summed E-state index contributed by atoms with van der Waals surface area (Å²) in [5.74, 6) is 0.194. The molecule has 0 aliphatic heterocycles. The molecule has 0 spiro atoms. The van der Waals surface area contributed by atoms with E-state index in [1.54, 1.807) is 0 Å². The van der Waals surface area contributed by atoms with Gasteiger partial charge < -0.3 is 4.74 Å². The summed E-state index contributed by atoms with van der Waals surface area (Å²) < 4.78 is 5.99. The van der Waals surface area contributed by atoms with Gasteiger partial charge in [-0.1, -0.05) is 12.1 Å². The van der Waals surface area contributed by atoms with Crippen molar-refractivity contribution in [2.24, 2.45) is 0 Å². The van der Waals surface area contributed by atoms with E-state index < -0.39 is 0 Å². The maximum atomic E-state index is 11.2. The smallest absolute Gasteiger partial charge is 0.327 e. The standard InChI is InChI=1S/C10H12BN5O2/c1-18-10(17)6-16-9(13-14-15-16)5-7-3-2-4-8(11)12-7/h2-4H,5-6,11H2,1H3. The van der Waals surface area contributed by atoms with Crippen LogP contribution in [-0.2, 0) is 22.5 Å². The molecular formula is C10H12BN5O2. The minimum Gasteiger partial charge on any atom is -0.468 e. The third-order valence-electron chi connectivity index (χ3n) is 2.40. The van der Waals surface area contributed by atoms with Crippen LogP contribution in [0.25, 0.3) is 0 Å². The SMILES string of the molecule is Bc1cccc(Cc2nnnn2CC(=O)OC)n1. The molecule has 18 heavy (non-hydrogen) atoms. The lowest BCUT2D eigenvalue weighted by atomic mass is 10.0. The zero-order chi connectivity index (χ0) is 13.0. The van der Waals surface area contributed by atoms with Crippen molar-refractivity contribution in [3.63, 3.8) is 0 Å². The molecule has 0 amide bonds. The zero-order valence-electron chi connectivity index (χ0n) is 10.2. The van der Waals surface area contributed by atoms with Crippen LogP contribution in [-0.4, -0.2) is 46.1 Å². The van der Waals surface area contributed by atoms with E-state index in [0.717, 1.165) is 11.3 Å². The lowest BCUT2D eigenvalue weighted by Crippen LogP contribution is -2.17. The average molecular weight is 245 g/mol. The Labute approximate surface area is 105 Å². The van der Waals surface area contributed by atoms with Crippen LogP contribution in [0.4, 0.5) is 0 Å². The fraction of sp³-hybridized carbons (Fsp3) is 0.300. The number of hydrogen-bond acceptors (Lipinski definition) is 6. The van der Waals surface area contributed by atoms with Crippen molar-refractivity contribution >= 4 is 19.4 Å². The third kappa shape index (κ3) is 2.90. The van der Waals surface area contributed by atoms with E-state index in [0.29, 0.717) is 12.2 Å². The van der Waals surface area contributed by atoms with Gasteiger partial charge in [-0.25, -0.2) is 4.68 Å². The summed E-state index contributed by atoms with van der Waals surface area (Å²) in [6.07, 6.45) is 0.478. The fourth-order valence-corrected chi connectivity index (χ4v) is 1.52. The molecule has 92 valence electrons. The maximum Gasteiger partial charge on any atom is 0.327 e. The number of tetrazole rings is 1. The second kappa shape index (κ2) is 5.39. The minimum absolute atomic E-state index is 0.00461. The van der Waals surface area contributed by atoms with Crippen molar-refractivity contribution in [3.8, 4) is 0 Å². The molecule has 2 aromatic rings. The number of carbonyl (C=O) groups excluding carboxylic acids is 1. The lowest BCUT2D eigenvalue weighted by Gasteiger charge is -2.03. The molecule has 2 rings (SSSR count). The Kier molecular flexibility index (Phi) is 3.66. The van der Waals surface area contributed by atoms with Crippen molar-refractivity contribution in [2.75, 3.05) is 7.11 Å². The Hall–Kier alpha value is -2.25. The quantitative estimate of drug-likeness (QED) is 0.461. The molecule has 0 bridgehead atoms. The summed E-state index contributed by atoms with van der Waals surface area (Å²) in [4.78, 5) is 15.5. The normalized spacial score (nSPS) is 10.3. The van der Waals surface area contributed by atoms with Gasteiger partial charge in [0.1, 0.15) is 6.54 Å². The number of carbonyl (C=O) groups is 1. The number of ether oxygens (including phenoxy) is 1. The van der Waals surface area contributed by atoms with E-state index >= 15 is 0 Å². The number of pyridine rings is 1. The van der Waals surface area contributed by atoms with Gasteiger partial charge in [-0.2, -0.15) is 0 Å². The van der Waals surface area contributed by atoms with Gasteiger partial charge in [0.05, 0.1) is 13.5 Å². The second-order valence-corrected chi connectivity index (χ2v) is 3.78. The molecule has 0 saturated carbocycles. The zero-order valence-corrected chi connectivity index (χ0v) is 10.2. The number of nitrogens with zero attached hydrogens (tertiary/aromatic N) is 5. The number of rotatable bonds is 4. The highest BCUT2D eigenvalue weighted by Crippen LogP contribution is 2.02.